The standard InChI is InChI=1S/C32H36F4N2O4/c1-42-27-13-8-19(5-2-3-14-39)16-24(27)30(40)38-29-22-11-10-21(23(22)15-18-6-4-7-18)28(29)31(41)37-20-9-12-26(33)25(17-20)32(34,35)36/h8-9,12-13,15-18,21-22,28-29,39H,2-7,10-11,14H2,1H3,(H,37,41)(H,38,40)/b23-15-/t21?,22?,28-,29+/m0/s1. The van der Waals surface area contributed by atoms with Gasteiger partial charge in [-0.15, -0.1) is 0 Å². The Bertz CT molecular complexity index is 1350. The largest absolute Gasteiger partial charge is 0.496 e. The number of aryl methyl sites for hydroxylation is 1. The topological polar surface area (TPSA) is 87.7 Å². The molecule has 0 aliphatic heterocycles. The van der Waals surface area contributed by atoms with Crippen LogP contribution < -0.4 is 15.4 Å². The van der Waals surface area contributed by atoms with Crippen molar-refractivity contribution in [2.45, 2.75) is 63.6 Å². The van der Waals surface area contributed by atoms with Crippen LogP contribution >= 0.6 is 0 Å². The van der Waals surface area contributed by atoms with E-state index in [9.17, 15) is 27.2 Å². The lowest BCUT2D eigenvalue weighted by molar-refractivity contribution is -0.140. The third-order valence-corrected chi connectivity index (χ3v) is 9.00. The van der Waals surface area contributed by atoms with Crippen LogP contribution in [0, 0.1) is 29.5 Å². The molecule has 226 valence electrons. The molecule has 0 saturated heterocycles. The fourth-order valence-corrected chi connectivity index (χ4v) is 6.71. The van der Waals surface area contributed by atoms with Gasteiger partial charge in [-0.2, -0.15) is 13.2 Å². The Morgan fingerprint density at radius 1 is 1.05 bits per heavy atom. The van der Waals surface area contributed by atoms with E-state index >= 15 is 0 Å². The number of aliphatic hydroxyl groups excluding tert-OH is 1. The first kappa shape index (κ1) is 30.1. The van der Waals surface area contributed by atoms with Crippen molar-refractivity contribution in [1.82, 2.24) is 5.32 Å². The number of benzene rings is 2. The number of fused-ring (bicyclic) bond motifs is 2. The Morgan fingerprint density at radius 3 is 2.48 bits per heavy atom. The molecule has 6 nitrogen and oxygen atoms in total. The maximum Gasteiger partial charge on any atom is 0.419 e. The highest BCUT2D eigenvalue weighted by molar-refractivity contribution is 5.99. The number of methoxy groups -OCH3 is 1. The molecule has 5 rings (SSSR count). The molecular formula is C32H36F4N2O4. The number of ether oxygens (including phenoxy) is 1. The molecule has 0 aromatic heterocycles. The molecule has 2 aromatic rings. The minimum Gasteiger partial charge on any atom is -0.496 e. The number of carbonyl (C=O) groups is 2. The summed E-state index contributed by atoms with van der Waals surface area (Å²) >= 11 is 0. The van der Waals surface area contributed by atoms with E-state index in [0.29, 0.717) is 42.2 Å². The summed E-state index contributed by atoms with van der Waals surface area (Å²) in [5, 5.41) is 14.8. The van der Waals surface area contributed by atoms with Gasteiger partial charge >= 0.3 is 6.18 Å². The lowest BCUT2D eigenvalue weighted by Gasteiger charge is -2.30. The molecule has 3 saturated carbocycles. The number of hydrogen-bond acceptors (Lipinski definition) is 4. The van der Waals surface area contributed by atoms with Gasteiger partial charge in [0.2, 0.25) is 5.91 Å². The summed E-state index contributed by atoms with van der Waals surface area (Å²) in [6, 6.07) is 7.21. The quantitative estimate of drug-likeness (QED) is 0.173. The van der Waals surface area contributed by atoms with Gasteiger partial charge in [-0.05, 0) is 92.7 Å². The van der Waals surface area contributed by atoms with Gasteiger partial charge in [0, 0.05) is 24.3 Å². The van der Waals surface area contributed by atoms with Gasteiger partial charge in [0.1, 0.15) is 11.6 Å². The number of alkyl halides is 3. The van der Waals surface area contributed by atoms with Crippen molar-refractivity contribution >= 4 is 17.5 Å². The Balaban J connectivity index is 1.42. The predicted octanol–water partition coefficient (Wildman–Crippen LogP) is 6.29. The van der Waals surface area contributed by atoms with Crippen LogP contribution in [0.1, 0.15) is 66.4 Å². The third-order valence-electron chi connectivity index (χ3n) is 9.00. The zero-order valence-electron chi connectivity index (χ0n) is 23.5. The number of anilines is 1. The van der Waals surface area contributed by atoms with Crippen LogP contribution in [0.2, 0.25) is 0 Å². The first-order chi connectivity index (χ1) is 20.1. The fourth-order valence-electron chi connectivity index (χ4n) is 6.71. The minimum atomic E-state index is -4.90. The molecule has 0 heterocycles. The lowest BCUT2D eigenvalue weighted by Crippen LogP contribution is -2.48. The van der Waals surface area contributed by atoms with Crippen LogP contribution in [-0.2, 0) is 17.4 Å². The molecule has 2 amide bonds. The van der Waals surface area contributed by atoms with Gasteiger partial charge in [-0.1, -0.05) is 24.1 Å². The number of rotatable bonds is 10. The highest BCUT2D eigenvalue weighted by Crippen LogP contribution is 2.54. The number of amides is 2. The van der Waals surface area contributed by atoms with E-state index in [2.05, 4.69) is 16.7 Å². The number of hydrogen-bond donors (Lipinski definition) is 3. The van der Waals surface area contributed by atoms with Crippen molar-refractivity contribution in [3.8, 4) is 5.75 Å². The maximum absolute atomic E-state index is 13.9. The summed E-state index contributed by atoms with van der Waals surface area (Å²) in [5.74, 6) is -2.39. The molecule has 2 aromatic carbocycles. The van der Waals surface area contributed by atoms with Crippen LogP contribution in [0.5, 0.6) is 5.75 Å². The second-order valence-corrected chi connectivity index (χ2v) is 11.6. The van der Waals surface area contributed by atoms with Crippen molar-refractivity contribution in [3.63, 3.8) is 0 Å². The van der Waals surface area contributed by atoms with E-state index in [1.165, 1.54) is 7.11 Å². The SMILES string of the molecule is COc1ccc(CCCCO)cc1C(=O)N[C@@H]1C2CCC(/C2=C/C2CCC2)[C@@H]1C(=O)Nc1ccc(F)c(C(F)(F)F)c1. The molecule has 10 heteroatoms. The van der Waals surface area contributed by atoms with E-state index in [4.69, 9.17) is 9.84 Å². The molecule has 2 bridgehead atoms. The van der Waals surface area contributed by atoms with Gasteiger partial charge in [0.25, 0.3) is 5.91 Å². The molecule has 2 unspecified atom stereocenters. The zero-order valence-corrected chi connectivity index (χ0v) is 23.5. The lowest BCUT2D eigenvalue weighted by atomic mass is 9.82. The van der Waals surface area contributed by atoms with Crippen molar-refractivity contribution in [2.75, 3.05) is 19.0 Å². The average Bonchev–Trinajstić information content (AvgIpc) is 3.46. The Hall–Kier alpha value is -3.40. The van der Waals surface area contributed by atoms with Crippen LogP contribution in [0.15, 0.2) is 48.0 Å². The molecule has 0 radical (unpaired) electrons. The van der Waals surface area contributed by atoms with Crippen molar-refractivity contribution in [2.24, 2.45) is 23.7 Å². The molecule has 3 aliphatic carbocycles. The molecule has 3 N–H and O–H groups in total. The van der Waals surface area contributed by atoms with Gasteiger partial charge in [-0.25, -0.2) is 4.39 Å². The average molecular weight is 589 g/mol. The number of allylic oxidation sites excluding steroid dienone is 1. The molecule has 4 atom stereocenters. The fraction of sp³-hybridized carbons (Fsp3) is 0.500. The third kappa shape index (κ3) is 6.19. The molecule has 42 heavy (non-hydrogen) atoms. The number of unbranched alkanes of at least 4 members (excludes halogenated alkanes) is 1. The van der Waals surface area contributed by atoms with Crippen molar-refractivity contribution in [1.29, 1.82) is 0 Å². The summed E-state index contributed by atoms with van der Waals surface area (Å²) in [5.41, 5.74) is 0.792. The van der Waals surface area contributed by atoms with E-state index in [-0.39, 0.29) is 24.1 Å². The second-order valence-electron chi connectivity index (χ2n) is 11.6. The molecule has 3 fully saturated rings. The summed E-state index contributed by atoms with van der Waals surface area (Å²) in [4.78, 5) is 27.4. The van der Waals surface area contributed by atoms with Crippen molar-refractivity contribution in [3.05, 3.63) is 70.6 Å². The van der Waals surface area contributed by atoms with Gasteiger partial charge < -0.3 is 20.5 Å². The first-order valence-electron chi connectivity index (χ1n) is 14.6. The maximum atomic E-state index is 13.9. The van der Waals surface area contributed by atoms with E-state index < -0.39 is 41.3 Å². The predicted molar refractivity (Wildman–Crippen MR) is 149 cm³/mol. The number of halogens is 4. The van der Waals surface area contributed by atoms with Crippen molar-refractivity contribution < 1.29 is 37.0 Å². The summed E-state index contributed by atoms with van der Waals surface area (Å²) in [7, 11) is 1.47. The number of nitrogens with one attached hydrogen (secondary N) is 2. The monoisotopic (exact) mass is 588 g/mol. The smallest absolute Gasteiger partial charge is 0.419 e. The van der Waals surface area contributed by atoms with E-state index in [1.807, 2.05) is 6.07 Å². The normalized spacial score (nSPS) is 24.5. The van der Waals surface area contributed by atoms with E-state index in [0.717, 1.165) is 55.7 Å². The minimum absolute atomic E-state index is 0.0621. The van der Waals surface area contributed by atoms with Gasteiger partial charge in [0.05, 0.1) is 24.2 Å². The van der Waals surface area contributed by atoms with Crippen LogP contribution in [-0.4, -0.2) is 36.7 Å². The van der Waals surface area contributed by atoms with Gasteiger partial charge in [-0.3, -0.25) is 9.59 Å². The van der Waals surface area contributed by atoms with Crippen LogP contribution in [0.4, 0.5) is 23.2 Å². The Labute approximate surface area is 242 Å². The summed E-state index contributed by atoms with van der Waals surface area (Å²) < 4.78 is 59.3. The highest BCUT2D eigenvalue weighted by Gasteiger charge is 2.55. The zero-order chi connectivity index (χ0) is 30.0. The molecule has 3 aliphatic rings. The van der Waals surface area contributed by atoms with E-state index in [1.54, 1.807) is 12.1 Å². The van der Waals surface area contributed by atoms with Crippen LogP contribution in [0.25, 0.3) is 0 Å². The first-order valence-corrected chi connectivity index (χ1v) is 14.6. The summed E-state index contributed by atoms with van der Waals surface area (Å²) in [6.45, 7) is 0.0866. The van der Waals surface area contributed by atoms with Crippen LogP contribution in [0.3, 0.4) is 0 Å². The molecule has 0 spiro atoms. The Kier molecular flexibility index (Phi) is 8.92. The second kappa shape index (κ2) is 12.5. The number of aliphatic hydroxyl groups is 1. The molecular weight excluding hydrogens is 552 g/mol. The highest BCUT2D eigenvalue weighted by atomic mass is 19.4. The number of carbonyl (C=O) groups excluding carboxylic acids is 2. The summed E-state index contributed by atoms with van der Waals surface area (Å²) in [6.07, 6.45) is 4.26. The Morgan fingerprint density at radius 2 is 1.81 bits per heavy atom. The van der Waals surface area contributed by atoms with Gasteiger partial charge in [0.15, 0.2) is 0 Å².